The number of hydrogen-bond acceptors (Lipinski definition) is 5. The van der Waals surface area contributed by atoms with Crippen molar-refractivity contribution in [2.45, 2.75) is 12.2 Å². The van der Waals surface area contributed by atoms with E-state index in [9.17, 15) is 14.4 Å². The van der Waals surface area contributed by atoms with E-state index in [0.717, 1.165) is 6.08 Å². The van der Waals surface area contributed by atoms with Gasteiger partial charge >= 0.3 is 17.9 Å². The van der Waals surface area contributed by atoms with E-state index < -0.39 is 30.1 Å². The van der Waals surface area contributed by atoms with Gasteiger partial charge in [-0.2, -0.15) is 0 Å². The molecule has 0 aromatic rings. The van der Waals surface area contributed by atoms with E-state index in [4.69, 9.17) is 25.5 Å². The van der Waals surface area contributed by atoms with Crippen LogP contribution in [0.1, 0.15) is 0 Å². The van der Waals surface area contributed by atoms with Gasteiger partial charge in [0.2, 0.25) is 0 Å². The quantitative estimate of drug-likeness (QED) is 0.347. The SMILES string of the molecule is C=CC(=O)O.O=C(O)C(O)C(O)C(=O)O. The normalized spacial score (nSPS) is 12.7. The Morgan fingerprint density at radius 2 is 1.13 bits per heavy atom. The van der Waals surface area contributed by atoms with Crippen LogP contribution >= 0.6 is 0 Å². The maximum absolute atomic E-state index is 9.77. The molecule has 0 radical (unpaired) electrons. The van der Waals surface area contributed by atoms with Crippen molar-refractivity contribution in [3.63, 3.8) is 0 Å². The third-order valence-electron chi connectivity index (χ3n) is 0.980. The summed E-state index contributed by atoms with van der Waals surface area (Å²) in [6, 6.07) is 0. The van der Waals surface area contributed by atoms with Crippen molar-refractivity contribution in [2.24, 2.45) is 0 Å². The van der Waals surface area contributed by atoms with Crippen molar-refractivity contribution in [2.75, 3.05) is 0 Å². The summed E-state index contributed by atoms with van der Waals surface area (Å²) in [4.78, 5) is 28.8. The number of rotatable bonds is 4. The van der Waals surface area contributed by atoms with Crippen LogP contribution in [0.15, 0.2) is 12.7 Å². The Balaban J connectivity index is 0. The Hall–Kier alpha value is -1.93. The maximum atomic E-state index is 9.77. The molecule has 0 aliphatic rings. The largest absolute Gasteiger partial charge is 0.479 e. The van der Waals surface area contributed by atoms with Crippen LogP contribution in [0.3, 0.4) is 0 Å². The molecule has 0 aliphatic carbocycles. The minimum Gasteiger partial charge on any atom is -0.479 e. The first-order chi connectivity index (χ1) is 6.73. The molecule has 86 valence electrons. The smallest absolute Gasteiger partial charge is 0.335 e. The van der Waals surface area contributed by atoms with Crippen molar-refractivity contribution in [3.8, 4) is 0 Å². The van der Waals surface area contributed by atoms with Crippen molar-refractivity contribution in [1.29, 1.82) is 0 Å². The van der Waals surface area contributed by atoms with E-state index in [1.54, 1.807) is 0 Å². The fourth-order valence-electron chi connectivity index (χ4n) is 0.270. The number of aliphatic carboxylic acids is 3. The summed E-state index contributed by atoms with van der Waals surface area (Å²) >= 11 is 0. The van der Waals surface area contributed by atoms with Crippen LogP contribution < -0.4 is 0 Å². The molecule has 0 heterocycles. The second-order valence-electron chi connectivity index (χ2n) is 2.11. The molecule has 0 saturated carbocycles. The Morgan fingerprint density at radius 1 is 0.933 bits per heavy atom. The van der Waals surface area contributed by atoms with Gasteiger partial charge in [-0.15, -0.1) is 0 Å². The highest BCUT2D eigenvalue weighted by molar-refractivity contribution is 5.83. The highest BCUT2D eigenvalue weighted by Crippen LogP contribution is 1.92. The average Bonchev–Trinajstić information content (AvgIpc) is 2.16. The molecular weight excluding hydrogens is 212 g/mol. The molecule has 0 bridgehead atoms. The lowest BCUT2D eigenvalue weighted by atomic mass is 10.2. The van der Waals surface area contributed by atoms with Gasteiger partial charge in [0.05, 0.1) is 0 Å². The number of aliphatic hydroxyl groups excluding tert-OH is 2. The second kappa shape index (κ2) is 7.47. The molecule has 8 heteroatoms. The molecule has 5 N–H and O–H groups in total. The minimum absolute atomic E-state index is 0.833. The van der Waals surface area contributed by atoms with Gasteiger partial charge in [0, 0.05) is 6.08 Å². The lowest BCUT2D eigenvalue weighted by molar-refractivity contribution is -0.165. The Morgan fingerprint density at radius 3 is 1.20 bits per heavy atom. The van der Waals surface area contributed by atoms with E-state index in [1.165, 1.54) is 0 Å². The van der Waals surface area contributed by atoms with Crippen LogP contribution in [-0.2, 0) is 14.4 Å². The highest BCUT2D eigenvalue weighted by Gasteiger charge is 2.29. The zero-order chi connectivity index (χ0) is 12.6. The fourth-order valence-corrected chi connectivity index (χ4v) is 0.270. The van der Waals surface area contributed by atoms with Crippen LogP contribution in [0.25, 0.3) is 0 Å². The third-order valence-corrected chi connectivity index (χ3v) is 0.980. The van der Waals surface area contributed by atoms with E-state index in [1.807, 2.05) is 0 Å². The Labute approximate surface area is 83.7 Å². The van der Waals surface area contributed by atoms with Gasteiger partial charge in [0.1, 0.15) is 0 Å². The van der Waals surface area contributed by atoms with Gasteiger partial charge in [-0.1, -0.05) is 6.58 Å². The summed E-state index contributed by atoms with van der Waals surface area (Å²) in [5.74, 6) is -4.52. The molecule has 2 atom stereocenters. The first kappa shape index (κ1) is 15.5. The summed E-state index contributed by atoms with van der Waals surface area (Å²) in [6.45, 7) is 2.96. The van der Waals surface area contributed by atoms with Crippen molar-refractivity contribution in [3.05, 3.63) is 12.7 Å². The summed E-state index contributed by atoms with van der Waals surface area (Å²) < 4.78 is 0. The molecule has 0 amide bonds. The molecule has 0 aliphatic heterocycles. The Bertz CT molecular complexity index is 240. The monoisotopic (exact) mass is 222 g/mol. The van der Waals surface area contributed by atoms with Crippen LogP contribution in [0, 0.1) is 0 Å². The number of carbonyl (C=O) groups is 3. The van der Waals surface area contributed by atoms with E-state index in [0.29, 0.717) is 0 Å². The lowest BCUT2D eigenvalue weighted by Crippen LogP contribution is -2.39. The standard InChI is InChI=1S/C4H6O6.C3H4O2/c5-1(3(7)8)2(6)4(9)10;1-2-3(4)5/h1-2,5-6H,(H,7,8)(H,9,10);2H,1H2,(H,4,5). The predicted molar refractivity (Wildman–Crippen MR) is 45.1 cm³/mol. The number of aliphatic hydroxyl groups is 2. The summed E-state index contributed by atoms with van der Waals surface area (Å²) in [5, 5.41) is 40.1. The topological polar surface area (TPSA) is 152 Å². The molecule has 8 nitrogen and oxygen atoms in total. The molecular formula is C7H10O8. The fraction of sp³-hybridized carbons (Fsp3) is 0.286. The molecule has 0 fully saturated rings. The first-order valence-electron chi connectivity index (χ1n) is 3.41. The first-order valence-corrected chi connectivity index (χ1v) is 3.41. The van der Waals surface area contributed by atoms with E-state index in [2.05, 4.69) is 6.58 Å². The zero-order valence-corrected chi connectivity index (χ0v) is 7.40. The van der Waals surface area contributed by atoms with Gasteiger partial charge in [-0.05, 0) is 0 Å². The van der Waals surface area contributed by atoms with Gasteiger partial charge < -0.3 is 25.5 Å². The van der Waals surface area contributed by atoms with E-state index >= 15 is 0 Å². The molecule has 2 unspecified atom stereocenters. The van der Waals surface area contributed by atoms with Crippen LogP contribution in [0.4, 0.5) is 0 Å². The summed E-state index contributed by atoms with van der Waals surface area (Å²) in [6.07, 6.45) is -3.70. The average molecular weight is 222 g/mol. The van der Waals surface area contributed by atoms with Crippen LogP contribution in [0.2, 0.25) is 0 Å². The minimum atomic E-state index is -2.27. The molecule has 0 aromatic heterocycles. The second-order valence-corrected chi connectivity index (χ2v) is 2.11. The highest BCUT2D eigenvalue weighted by atomic mass is 16.4. The van der Waals surface area contributed by atoms with Crippen molar-refractivity contribution >= 4 is 17.9 Å². The molecule has 0 spiro atoms. The zero-order valence-electron chi connectivity index (χ0n) is 7.40. The maximum Gasteiger partial charge on any atom is 0.335 e. The van der Waals surface area contributed by atoms with Crippen molar-refractivity contribution in [1.82, 2.24) is 0 Å². The lowest BCUT2D eigenvalue weighted by Gasteiger charge is -2.07. The molecule has 0 saturated heterocycles. The van der Waals surface area contributed by atoms with Crippen LogP contribution in [-0.4, -0.2) is 55.6 Å². The van der Waals surface area contributed by atoms with Gasteiger partial charge in [0.25, 0.3) is 0 Å². The summed E-state index contributed by atoms with van der Waals surface area (Å²) in [5.41, 5.74) is 0. The number of hydrogen-bond donors (Lipinski definition) is 5. The summed E-state index contributed by atoms with van der Waals surface area (Å²) in [7, 11) is 0. The Kier molecular flexibility index (Phi) is 7.74. The molecule has 15 heavy (non-hydrogen) atoms. The number of carboxylic acid groups (broad SMARTS) is 3. The molecule has 0 aromatic carbocycles. The molecule has 0 rings (SSSR count). The van der Waals surface area contributed by atoms with Gasteiger partial charge in [0.15, 0.2) is 12.2 Å². The van der Waals surface area contributed by atoms with Crippen molar-refractivity contribution < 1.29 is 39.9 Å². The van der Waals surface area contributed by atoms with E-state index in [-0.39, 0.29) is 0 Å². The predicted octanol–water partition coefficient (Wildman–Crippen LogP) is -1.87. The van der Waals surface area contributed by atoms with Gasteiger partial charge in [-0.3, -0.25) is 0 Å². The van der Waals surface area contributed by atoms with Crippen LogP contribution in [0.5, 0.6) is 0 Å². The van der Waals surface area contributed by atoms with Gasteiger partial charge in [-0.25, -0.2) is 14.4 Å². The third kappa shape index (κ3) is 8.40. The number of carboxylic acids is 3.